The summed E-state index contributed by atoms with van der Waals surface area (Å²) in [5.74, 6) is -0.440. The number of ether oxygens (including phenoxy) is 1. The molecule has 0 bridgehead atoms. The summed E-state index contributed by atoms with van der Waals surface area (Å²) >= 11 is 7.23. The Kier molecular flexibility index (Phi) is 7.24. The fourth-order valence-corrected chi connectivity index (χ4v) is 2.43. The molecule has 26 heavy (non-hydrogen) atoms. The third-order valence-electron chi connectivity index (χ3n) is 3.13. The van der Waals surface area contributed by atoms with Crippen molar-refractivity contribution in [3.8, 4) is 0 Å². The van der Waals surface area contributed by atoms with Crippen LogP contribution in [-0.4, -0.2) is 34.9 Å². The molecule has 140 valence electrons. The molecule has 0 aliphatic heterocycles. The van der Waals surface area contributed by atoms with Crippen molar-refractivity contribution < 1.29 is 22.7 Å². The second-order valence-corrected chi connectivity index (χ2v) is 6.34. The van der Waals surface area contributed by atoms with Crippen molar-refractivity contribution in [2.24, 2.45) is 0 Å². The molecule has 0 spiro atoms. The number of aromatic nitrogens is 2. The largest absolute Gasteiger partial charge is 0.411 e. The van der Waals surface area contributed by atoms with E-state index in [2.05, 4.69) is 20.0 Å². The average Bonchev–Trinajstić information content (AvgIpc) is 2.60. The first kappa shape index (κ1) is 20.5. The van der Waals surface area contributed by atoms with Crippen LogP contribution in [0, 0.1) is 0 Å². The van der Waals surface area contributed by atoms with E-state index in [0.717, 1.165) is 5.56 Å². The van der Waals surface area contributed by atoms with Crippen molar-refractivity contribution in [3.05, 3.63) is 52.3 Å². The lowest BCUT2D eigenvalue weighted by molar-refractivity contribution is -0.176. The highest BCUT2D eigenvalue weighted by Crippen LogP contribution is 2.17. The molecule has 5 nitrogen and oxygen atoms in total. The molecule has 0 aliphatic rings. The predicted octanol–water partition coefficient (Wildman–Crippen LogP) is 3.86. The lowest BCUT2D eigenvalue weighted by atomic mass is 10.1. The first-order valence-electron chi connectivity index (χ1n) is 7.35. The molecule has 1 aromatic carbocycles. The van der Waals surface area contributed by atoms with E-state index in [0.29, 0.717) is 10.7 Å². The minimum Gasteiger partial charge on any atom is -0.367 e. The molecule has 0 radical (unpaired) electrons. The maximum absolute atomic E-state index is 12.2. The lowest BCUT2D eigenvalue weighted by Gasteiger charge is -2.09. The fourth-order valence-electron chi connectivity index (χ4n) is 1.91. The zero-order valence-electron chi connectivity index (χ0n) is 13.6. The van der Waals surface area contributed by atoms with Crippen molar-refractivity contribution in [1.82, 2.24) is 15.3 Å². The highest BCUT2D eigenvalue weighted by Gasteiger charge is 2.27. The maximum atomic E-state index is 12.2. The highest BCUT2D eigenvalue weighted by atomic mass is 35.5. The van der Waals surface area contributed by atoms with Gasteiger partial charge in [0, 0.05) is 6.54 Å². The van der Waals surface area contributed by atoms with Gasteiger partial charge in [0.15, 0.2) is 10.9 Å². The quantitative estimate of drug-likeness (QED) is 0.559. The summed E-state index contributed by atoms with van der Waals surface area (Å²) in [5.41, 5.74) is 1.46. The van der Waals surface area contributed by atoms with Crippen LogP contribution in [0.4, 0.5) is 13.2 Å². The number of carbonyl (C=O) groups is 1. The summed E-state index contributed by atoms with van der Waals surface area (Å²) in [5, 5.41) is 3.27. The van der Waals surface area contributed by atoms with E-state index in [9.17, 15) is 18.0 Å². The molecule has 0 atom stereocenters. The summed E-state index contributed by atoms with van der Waals surface area (Å²) in [6.07, 6.45) is -1.20. The summed E-state index contributed by atoms with van der Waals surface area (Å²) in [7, 11) is 0. The molecule has 0 fully saturated rings. The van der Waals surface area contributed by atoms with Crippen molar-refractivity contribution in [2.75, 3.05) is 12.9 Å². The molecular weight excluding hydrogens is 391 g/mol. The Balaban J connectivity index is 1.88. The van der Waals surface area contributed by atoms with Gasteiger partial charge >= 0.3 is 6.18 Å². The Bertz CT molecular complexity index is 757. The molecule has 0 saturated carbocycles. The lowest BCUT2D eigenvalue weighted by Crippen LogP contribution is -2.24. The minimum atomic E-state index is -4.34. The second kappa shape index (κ2) is 9.20. The number of thioether (sulfide) groups is 1. The summed E-state index contributed by atoms with van der Waals surface area (Å²) in [4.78, 5) is 20.2. The van der Waals surface area contributed by atoms with Crippen LogP contribution in [0.15, 0.2) is 35.6 Å². The van der Waals surface area contributed by atoms with Crippen LogP contribution in [0.25, 0.3) is 0 Å². The number of carbonyl (C=O) groups excluding carboxylic acids is 1. The van der Waals surface area contributed by atoms with Crippen LogP contribution >= 0.6 is 23.4 Å². The molecular formula is C16H15ClF3N3O2S. The zero-order chi connectivity index (χ0) is 19.2. The fraction of sp³-hybridized carbons (Fsp3) is 0.312. The van der Waals surface area contributed by atoms with Crippen LogP contribution in [0.3, 0.4) is 0 Å². The number of alkyl halides is 3. The Labute approximate surface area is 157 Å². The third-order valence-corrected chi connectivity index (χ3v) is 3.97. The van der Waals surface area contributed by atoms with Gasteiger partial charge in [-0.1, -0.05) is 47.6 Å². The first-order valence-corrected chi connectivity index (χ1v) is 8.96. The number of halogens is 4. The van der Waals surface area contributed by atoms with E-state index < -0.39 is 18.7 Å². The van der Waals surface area contributed by atoms with Crippen molar-refractivity contribution in [3.63, 3.8) is 0 Å². The highest BCUT2D eigenvalue weighted by molar-refractivity contribution is 7.98. The molecule has 0 aliphatic carbocycles. The van der Waals surface area contributed by atoms with Crippen LogP contribution in [0.5, 0.6) is 0 Å². The Morgan fingerprint density at radius 2 is 1.92 bits per heavy atom. The van der Waals surface area contributed by atoms with Gasteiger partial charge in [0.05, 0.1) is 17.8 Å². The normalized spacial score (nSPS) is 11.4. The topological polar surface area (TPSA) is 64.1 Å². The number of amides is 1. The van der Waals surface area contributed by atoms with Crippen molar-refractivity contribution in [2.45, 2.75) is 24.5 Å². The number of hydrogen-bond donors (Lipinski definition) is 1. The third kappa shape index (κ3) is 6.47. The molecule has 1 amide bonds. The number of rotatable bonds is 7. The van der Waals surface area contributed by atoms with Crippen LogP contribution in [0.2, 0.25) is 5.02 Å². The van der Waals surface area contributed by atoms with Gasteiger partial charge in [0.1, 0.15) is 6.61 Å². The molecule has 0 unspecified atom stereocenters. The van der Waals surface area contributed by atoms with Crippen LogP contribution in [0.1, 0.15) is 21.6 Å². The van der Waals surface area contributed by atoms with E-state index in [1.165, 1.54) is 18.0 Å². The maximum Gasteiger partial charge on any atom is 0.411 e. The van der Waals surface area contributed by atoms with E-state index in [1.54, 1.807) is 30.5 Å². The van der Waals surface area contributed by atoms with Gasteiger partial charge < -0.3 is 10.1 Å². The van der Waals surface area contributed by atoms with Gasteiger partial charge in [-0.25, -0.2) is 9.97 Å². The number of nitrogens with zero attached hydrogens (tertiary/aromatic N) is 2. The van der Waals surface area contributed by atoms with Gasteiger partial charge in [-0.15, -0.1) is 0 Å². The van der Waals surface area contributed by atoms with E-state index in [-0.39, 0.29) is 23.9 Å². The number of hydrogen-bond acceptors (Lipinski definition) is 5. The van der Waals surface area contributed by atoms with Crippen LogP contribution in [-0.2, 0) is 17.9 Å². The Hall–Kier alpha value is -1.84. The molecule has 1 aromatic heterocycles. The second-order valence-electron chi connectivity index (χ2n) is 5.16. The van der Waals surface area contributed by atoms with Gasteiger partial charge in [-0.2, -0.15) is 13.2 Å². The minimum absolute atomic E-state index is 0.0863. The molecule has 1 N–H and O–H groups in total. The molecule has 2 rings (SSSR count). The molecule has 0 saturated heterocycles. The smallest absolute Gasteiger partial charge is 0.367 e. The zero-order valence-corrected chi connectivity index (χ0v) is 15.2. The summed E-state index contributed by atoms with van der Waals surface area (Å²) < 4.78 is 40.7. The average molecular weight is 406 g/mol. The van der Waals surface area contributed by atoms with Gasteiger partial charge in [0.2, 0.25) is 0 Å². The number of nitrogens with one attached hydrogen (secondary N) is 1. The Morgan fingerprint density at radius 3 is 2.54 bits per heavy atom. The van der Waals surface area contributed by atoms with Gasteiger partial charge in [-0.3, -0.25) is 4.79 Å². The molecule has 2 aromatic rings. The summed E-state index contributed by atoms with van der Waals surface area (Å²) in [6.45, 7) is -1.21. The van der Waals surface area contributed by atoms with Crippen molar-refractivity contribution in [1.29, 1.82) is 0 Å². The summed E-state index contributed by atoms with van der Waals surface area (Å²) in [6, 6.07) is 6.67. The van der Waals surface area contributed by atoms with E-state index in [4.69, 9.17) is 11.6 Å². The van der Waals surface area contributed by atoms with Crippen LogP contribution < -0.4 is 5.32 Å². The molecule has 1 heterocycles. The first-order chi connectivity index (χ1) is 12.3. The number of benzene rings is 1. The van der Waals surface area contributed by atoms with E-state index in [1.807, 2.05) is 0 Å². The standard InChI is InChI=1S/C16H15ClF3N3O2S/c1-26-15-22-7-12(17)13(23-15)14(24)21-6-10-2-4-11(5-3-10)8-25-9-16(18,19)20/h2-5,7H,6,8-9H2,1H3,(H,21,24). The monoisotopic (exact) mass is 405 g/mol. The van der Waals surface area contributed by atoms with Crippen molar-refractivity contribution >= 4 is 29.3 Å². The molecule has 10 heteroatoms. The van der Waals surface area contributed by atoms with Gasteiger partial charge in [0.25, 0.3) is 5.91 Å². The predicted molar refractivity (Wildman–Crippen MR) is 92.1 cm³/mol. The van der Waals surface area contributed by atoms with Gasteiger partial charge in [-0.05, 0) is 17.4 Å². The SMILES string of the molecule is CSc1ncc(Cl)c(C(=O)NCc2ccc(COCC(F)(F)F)cc2)n1. The Morgan fingerprint density at radius 1 is 1.27 bits per heavy atom. The van der Waals surface area contributed by atoms with E-state index >= 15 is 0 Å².